The Bertz CT molecular complexity index is 862. The number of fused-ring (bicyclic) bond motifs is 1. The molecule has 0 bridgehead atoms. The van der Waals surface area contributed by atoms with Crippen LogP contribution in [0.4, 0.5) is 4.39 Å². The molecule has 3 rings (SSSR count). The Morgan fingerprint density at radius 2 is 1.80 bits per heavy atom. The van der Waals surface area contributed by atoms with Crippen molar-refractivity contribution in [2.75, 3.05) is 7.05 Å². The Balaban J connectivity index is 0.00000225. The first-order chi connectivity index (χ1) is 11.7. The van der Waals surface area contributed by atoms with E-state index in [1.165, 1.54) is 17.7 Å². The van der Waals surface area contributed by atoms with Gasteiger partial charge in [0.1, 0.15) is 17.2 Å². The lowest BCUT2D eigenvalue weighted by Gasteiger charge is -2.11. The summed E-state index contributed by atoms with van der Waals surface area (Å²) >= 11 is 0. The molecule has 1 heterocycles. The highest BCUT2D eigenvalue weighted by atomic mass is 127. The molecule has 0 aliphatic rings. The molecule has 25 heavy (non-hydrogen) atoms. The van der Waals surface area contributed by atoms with Gasteiger partial charge in [0.2, 0.25) is 0 Å². The van der Waals surface area contributed by atoms with Gasteiger partial charge >= 0.3 is 0 Å². The molecule has 0 aliphatic heterocycles. The molecule has 132 valence electrons. The van der Waals surface area contributed by atoms with Crippen LogP contribution in [-0.2, 0) is 13.1 Å². The fourth-order valence-corrected chi connectivity index (χ4v) is 2.58. The molecule has 1 aromatic heterocycles. The lowest BCUT2D eigenvalue weighted by Crippen LogP contribution is -2.36. The van der Waals surface area contributed by atoms with E-state index in [1.54, 1.807) is 13.1 Å². The summed E-state index contributed by atoms with van der Waals surface area (Å²) in [6, 6.07) is 14.7. The van der Waals surface area contributed by atoms with Crippen molar-refractivity contribution < 1.29 is 8.81 Å². The summed E-state index contributed by atoms with van der Waals surface area (Å²) in [5.41, 5.74) is 2.81. The number of guanidine groups is 1. The molecule has 0 unspecified atom stereocenters. The van der Waals surface area contributed by atoms with Crippen LogP contribution in [0.5, 0.6) is 0 Å². The van der Waals surface area contributed by atoms with Gasteiger partial charge in [-0.1, -0.05) is 30.3 Å². The van der Waals surface area contributed by atoms with Gasteiger partial charge in [0, 0.05) is 24.5 Å². The van der Waals surface area contributed by atoms with Crippen molar-refractivity contribution in [2.45, 2.75) is 20.0 Å². The first-order valence-electron chi connectivity index (χ1n) is 7.83. The molecule has 4 nitrogen and oxygen atoms in total. The number of aryl methyl sites for hydroxylation is 1. The maximum absolute atomic E-state index is 13.4. The molecule has 0 spiro atoms. The summed E-state index contributed by atoms with van der Waals surface area (Å²) in [6.07, 6.45) is 0. The monoisotopic (exact) mass is 453 g/mol. The Morgan fingerprint density at radius 1 is 1.08 bits per heavy atom. The molecular weight excluding hydrogens is 432 g/mol. The fourth-order valence-electron chi connectivity index (χ4n) is 2.58. The number of furan rings is 1. The van der Waals surface area contributed by atoms with Gasteiger partial charge in [-0.05, 0) is 30.7 Å². The predicted molar refractivity (Wildman–Crippen MR) is 110 cm³/mol. The van der Waals surface area contributed by atoms with Gasteiger partial charge in [-0.15, -0.1) is 24.0 Å². The average molecular weight is 453 g/mol. The molecule has 0 saturated carbocycles. The maximum Gasteiger partial charge on any atom is 0.191 e. The van der Waals surface area contributed by atoms with Gasteiger partial charge in [0.05, 0.1) is 6.54 Å². The number of halogens is 2. The quantitative estimate of drug-likeness (QED) is 0.351. The first-order valence-corrected chi connectivity index (χ1v) is 7.83. The third-order valence-electron chi connectivity index (χ3n) is 3.94. The van der Waals surface area contributed by atoms with E-state index in [0.29, 0.717) is 24.6 Å². The third kappa shape index (κ3) is 4.72. The lowest BCUT2D eigenvalue weighted by atomic mass is 10.1. The summed E-state index contributed by atoms with van der Waals surface area (Å²) in [6.45, 7) is 3.10. The van der Waals surface area contributed by atoms with Gasteiger partial charge in [0.15, 0.2) is 5.96 Å². The number of hydrogen-bond donors (Lipinski definition) is 2. The van der Waals surface area contributed by atoms with E-state index >= 15 is 0 Å². The number of nitrogens with one attached hydrogen (secondary N) is 2. The zero-order valence-corrected chi connectivity index (χ0v) is 16.5. The molecule has 2 aromatic carbocycles. The zero-order valence-electron chi connectivity index (χ0n) is 14.2. The van der Waals surface area contributed by atoms with Crippen molar-refractivity contribution in [3.63, 3.8) is 0 Å². The molecule has 0 aliphatic carbocycles. The van der Waals surface area contributed by atoms with Crippen molar-refractivity contribution in [2.24, 2.45) is 4.99 Å². The average Bonchev–Trinajstić information content (AvgIpc) is 2.92. The number of nitrogens with zero attached hydrogens (tertiary/aromatic N) is 1. The topological polar surface area (TPSA) is 49.6 Å². The smallest absolute Gasteiger partial charge is 0.191 e. The van der Waals surface area contributed by atoms with Crippen molar-refractivity contribution >= 4 is 40.9 Å². The van der Waals surface area contributed by atoms with Crippen LogP contribution in [0.3, 0.4) is 0 Å². The molecule has 6 heteroatoms. The molecule has 0 atom stereocenters. The first kappa shape index (κ1) is 19.2. The summed E-state index contributed by atoms with van der Waals surface area (Å²) in [7, 11) is 1.72. The molecule has 0 amide bonds. The van der Waals surface area contributed by atoms with Crippen molar-refractivity contribution in [3.05, 3.63) is 71.2 Å². The summed E-state index contributed by atoms with van der Waals surface area (Å²) < 4.78 is 19.2. The second-order valence-corrected chi connectivity index (χ2v) is 5.56. The van der Waals surface area contributed by atoms with Gasteiger partial charge in [-0.3, -0.25) is 4.99 Å². The highest BCUT2D eigenvalue weighted by molar-refractivity contribution is 14.0. The van der Waals surface area contributed by atoms with E-state index in [0.717, 1.165) is 16.7 Å². The van der Waals surface area contributed by atoms with E-state index in [9.17, 15) is 4.39 Å². The van der Waals surface area contributed by atoms with Crippen molar-refractivity contribution in [1.82, 2.24) is 10.6 Å². The van der Waals surface area contributed by atoms with Crippen molar-refractivity contribution in [1.29, 1.82) is 0 Å². The van der Waals surface area contributed by atoms with E-state index in [-0.39, 0.29) is 29.8 Å². The second-order valence-electron chi connectivity index (χ2n) is 5.56. The van der Waals surface area contributed by atoms with Crippen LogP contribution in [0, 0.1) is 12.7 Å². The minimum absolute atomic E-state index is 0. The lowest BCUT2D eigenvalue weighted by molar-refractivity contribution is 0.534. The summed E-state index contributed by atoms with van der Waals surface area (Å²) in [4.78, 5) is 4.21. The van der Waals surface area contributed by atoms with Gasteiger partial charge in [0.25, 0.3) is 0 Å². The number of rotatable bonds is 4. The summed E-state index contributed by atoms with van der Waals surface area (Å²) in [5, 5.41) is 7.28. The Hall–Kier alpha value is -2.09. The van der Waals surface area contributed by atoms with Gasteiger partial charge < -0.3 is 15.1 Å². The van der Waals surface area contributed by atoms with Crippen LogP contribution >= 0.6 is 24.0 Å². The minimum Gasteiger partial charge on any atom is -0.459 e. The van der Waals surface area contributed by atoms with Crippen LogP contribution in [0.2, 0.25) is 0 Å². The number of benzene rings is 2. The number of hydrogen-bond acceptors (Lipinski definition) is 2. The SMILES string of the molecule is CN=C(NCc1ccccc1)NCc1oc2ccc(F)cc2c1C.I. The predicted octanol–water partition coefficient (Wildman–Crippen LogP) is 4.36. The van der Waals surface area contributed by atoms with Crippen LogP contribution in [0.15, 0.2) is 57.9 Å². The Kier molecular flexibility index (Phi) is 6.81. The Labute approximate surface area is 163 Å². The van der Waals surface area contributed by atoms with Crippen LogP contribution in [0.1, 0.15) is 16.9 Å². The highest BCUT2D eigenvalue weighted by Crippen LogP contribution is 2.25. The zero-order chi connectivity index (χ0) is 16.9. The van der Waals surface area contributed by atoms with Crippen LogP contribution < -0.4 is 10.6 Å². The Morgan fingerprint density at radius 3 is 2.52 bits per heavy atom. The highest BCUT2D eigenvalue weighted by Gasteiger charge is 2.11. The molecule has 0 fully saturated rings. The molecule has 0 saturated heterocycles. The van der Waals surface area contributed by atoms with Crippen molar-refractivity contribution in [3.8, 4) is 0 Å². The maximum atomic E-state index is 13.4. The normalized spacial score (nSPS) is 11.2. The molecule has 3 aromatic rings. The fraction of sp³-hybridized carbons (Fsp3) is 0.211. The van der Waals surface area contributed by atoms with Gasteiger partial charge in [-0.2, -0.15) is 0 Å². The minimum atomic E-state index is -0.258. The standard InChI is InChI=1S/C19H20FN3O.HI/c1-13-16-10-15(20)8-9-17(16)24-18(13)12-23-19(21-2)22-11-14-6-4-3-5-7-14;/h3-10H,11-12H2,1-2H3,(H2,21,22,23);1H. The molecule has 2 N–H and O–H groups in total. The van der Waals surface area contributed by atoms with E-state index < -0.39 is 0 Å². The van der Waals surface area contributed by atoms with Crippen LogP contribution in [-0.4, -0.2) is 13.0 Å². The third-order valence-corrected chi connectivity index (χ3v) is 3.94. The van der Waals surface area contributed by atoms with E-state index in [1.807, 2.05) is 25.1 Å². The largest absolute Gasteiger partial charge is 0.459 e. The van der Waals surface area contributed by atoms with E-state index in [2.05, 4.69) is 27.8 Å². The van der Waals surface area contributed by atoms with Gasteiger partial charge in [-0.25, -0.2) is 4.39 Å². The molecular formula is C19H21FIN3O. The van der Waals surface area contributed by atoms with Crippen LogP contribution in [0.25, 0.3) is 11.0 Å². The number of aliphatic imine (C=N–C) groups is 1. The summed E-state index contributed by atoms with van der Waals surface area (Å²) in [5.74, 6) is 1.20. The second kappa shape index (κ2) is 8.84. The van der Waals surface area contributed by atoms with E-state index in [4.69, 9.17) is 4.42 Å². The molecule has 0 radical (unpaired) electrons.